The fourth-order valence-electron chi connectivity index (χ4n) is 4.31. The summed E-state index contributed by atoms with van der Waals surface area (Å²) in [5, 5.41) is 3.05. The van der Waals surface area contributed by atoms with Gasteiger partial charge in [0.05, 0.1) is 19.4 Å². The smallest absolute Gasteiger partial charge is 0.335 e. The molecule has 1 aliphatic heterocycles. The average molecular weight is 514 g/mol. The molecule has 192 valence electrons. The van der Waals surface area contributed by atoms with Crippen molar-refractivity contribution in [1.29, 1.82) is 0 Å². The number of rotatable bonds is 8. The Morgan fingerprint density at radius 3 is 2.37 bits per heavy atom. The van der Waals surface area contributed by atoms with Crippen LogP contribution in [-0.4, -0.2) is 36.1 Å². The van der Waals surface area contributed by atoms with Gasteiger partial charge >= 0.3 is 6.03 Å². The normalized spacial score (nSPS) is 14.7. The fraction of sp³-hybridized carbons (Fsp3) is 0.138. The van der Waals surface area contributed by atoms with E-state index in [1.165, 1.54) is 18.2 Å². The van der Waals surface area contributed by atoms with E-state index in [0.717, 1.165) is 39.4 Å². The molecule has 8 nitrogen and oxygen atoms in total. The van der Waals surface area contributed by atoms with Gasteiger partial charge in [-0.3, -0.25) is 14.9 Å². The van der Waals surface area contributed by atoms with Crippen LogP contribution >= 0.6 is 0 Å². The van der Waals surface area contributed by atoms with Crippen LogP contribution < -0.4 is 19.7 Å². The van der Waals surface area contributed by atoms with E-state index in [0.29, 0.717) is 25.1 Å². The fourth-order valence-corrected chi connectivity index (χ4v) is 4.31. The molecule has 1 saturated heterocycles. The maximum absolute atomic E-state index is 13.4. The van der Waals surface area contributed by atoms with E-state index in [2.05, 4.69) is 5.32 Å². The molecule has 9 heteroatoms. The van der Waals surface area contributed by atoms with Gasteiger partial charge in [0.25, 0.3) is 11.8 Å². The summed E-state index contributed by atoms with van der Waals surface area (Å²) in [6, 6.07) is 19.0. The van der Waals surface area contributed by atoms with Gasteiger partial charge in [0.1, 0.15) is 22.9 Å². The summed E-state index contributed by atoms with van der Waals surface area (Å²) < 4.78 is 26.4. The van der Waals surface area contributed by atoms with Gasteiger partial charge in [-0.25, -0.2) is 14.1 Å². The highest BCUT2D eigenvalue weighted by Gasteiger charge is 2.37. The zero-order valence-corrected chi connectivity index (χ0v) is 20.5. The van der Waals surface area contributed by atoms with Crippen LogP contribution in [0.4, 0.5) is 14.9 Å². The molecular formula is C29H24FN3O5. The lowest BCUT2D eigenvalue weighted by molar-refractivity contribution is -0.122. The Morgan fingerprint density at radius 2 is 1.63 bits per heavy atom. The van der Waals surface area contributed by atoms with Crippen molar-refractivity contribution in [3.63, 3.8) is 0 Å². The Balaban J connectivity index is 1.37. The van der Waals surface area contributed by atoms with Crippen molar-refractivity contribution in [2.45, 2.75) is 13.0 Å². The number of barbiturate groups is 1. The van der Waals surface area contributed by atoms with Crippen LogP contribution in [0.15, 0.2) is 84.6 Å². The van der Waals surface area contributed by atoms with Crippen molar-refractivity contribution in [1.82, 2.24) is 9.88 Å². The van der Waals surface area contributed by atoms with Crippen molar-refractivity contribution < 1.29 is 28.2 Å². The van der Waals surface area contributed by atoms with Crippen molar-refractivity contribution >= 4 is 40.5 Å². The summed E-state index contributed by atoms with van der Waals surface area (Å²) in [6.07, 6.45) is 4.06. The number of nitrogens with zero attached hydrogens (tertiary/aromatic N) is 2. The van der Waals surface area contributed by atoms with Gasteiger partial charge in [-0.05, 0) is 67.1 Å². The van der Waals surface area contributed by atoms with Gasteiger partial charge in [-0.1, -0.05) is 18.2 Å². The lowest BCUT2D eigenvalue weighted by atomic mass is 10.1. The van der Waals surface area contributed by atoms with E-state index in [1.54, 1.807) is 7.11 Å². The molecule has 3 aromatic carbocycles. The van der Waals surface area contributed by atoms with E-state index in [-0.39, 0.29) is 11.3 Å². The predicted octanol–water partition coefficient (Wildman–Crippen LogP) is 4.92. The maximum Gasteiger partial charge on any atom is 0.335 e. The topological polar surface area (TPSA) is 89.9 Å². The summed E-state index contributed by atoms with van der Waals surface area (Å²) in [4.78, 5) is 39.1. The number of fused-ring (bicyclic) bond motifs is 1. The number of benzene rings is 3. The summed E-state index contributed by atoms with van der Waals surface area (Å²) >= 11 is 0. The van der Waals surface area contributed by atoms with E-state index in [4.69, 9.17) is 9.47 Å². The molecule has 0 saturated carbocycles. The van der Waals surface area contributed by atoms with Gasteiger partial charge in [0.2, 0.25) is 0 Å². The first kappa shape index (κ1) is 24.8. The van der Waals surface area contributed by atoms with Crippen LogP contribution in [-0.2, 0) is 16.1 Å². The molecule has 1 N–H and O–H groups in total. The van der Waals surface area contributed by atoms with Crippen LogP contribution in [0.25, 0.3) is 17.0 Å². The number of ether oxygens (including phenoxy) is 2. The Bertz CT molecular complexity index is 1540. The molecule has 4 aromatic rings. The number of imide groups is 2. The molecule has 1 aliphatic rings. The van der Waals surface area contributed by atoms with Crippen LogP contribution in [0.2, 0.25) is 0 Å². The second-order valence-electron chi connectivity index (χ2n) is 8.61. The van der Waals surface area contributed by atoms with Gasteiger partial charge in [0.15, 0.2) is 0 Å². The van der Waals surface area contributed by atoms with Crippen LogP contribution in [0, 0.1) is 5.82 Å². The molecule has 4 amide bonds. The molecule has 2 heterocycles. The van der Waals surface area contributed by atoms with Crippen LogP contribution in [0.3, 0.4) is 0 Å². The zero-order valence-electron chi connectivity index (χ0n) is 20.5. The third-order valence-electron chi connectivity index (χ3n) is 6.18. The first-order chi connectivity index (χ1) is 18.4. The first-order valence-electron chi connectivity index (χ1n) is 12.0. The molecule has 0 atom stereocenters. The molecule has 0 spiro atoms. The highest BCUT2D eigenvalue weighted by Crippen LogP contribution is 2.27. The minimum Gasteiger partial charge on any atom is -0.497 e. The summed E-state index contributed by atoms with van der Waals surface area (Å²) in [5.74, 6) is -0.574. The van der Waals surface area contributed by atoms with Gasteiger partial charge in [-0.2, -0.15) is 0 Å². The van der Waals surface area contributed by atoms with E-state index >= 15 is 0 Å². The third kappa shape index (κ3) is 4.99. The molecule has 0 radical (unpaired) electrons. The second-order valence-corrected chi connectivity index (χ2v) is 8.61. The van der Waals surface area contributed by atoms with Gasteiger partial charge in [0, 0.05) is 29.2 Å². The van der Waals surface area contributed by atoms with Gasteiger partial charge < -0.3 is 14.0 Å². The molecule has 0 unspecified atom stereocenters. The standard InChI is InChI=1S/C29H24FN3O5/c1-37-22-11-13-23(14-12-22)38-16-4-15-32-18-19(24-5-2-3-6-26(24)32)17-25-27(34)31-29(36)33(28(25)35)21-9-7-20(30)8-10-21/h2-3,5-14,17-18H,4,15-16H2,1H3,(H,31,34,36). The Morgan fingerprint density at radius 1 is 0.921 bits per heavy atom. The summed E-state index contributed by atoms with van der Waals surface area (Å²) in [5.41, 5.74) is 1.55. The monoisotopic (exact) mass is 513 g/mol. The molecule has 0 bridgehead atoms. The number of carbonyl (C=O) groups excluding carboxylic acids is 3. The number of hydrogen-bond acceptors (Lipinski definition) is 5. The van der Waals surface area contributed by atoms with E-state index < -0.39 is 23.7 Å². The molecule has 38 heavy (non-hydrogen) atoms. The summed E-state index contributed by atoms with van der Waals surface area (Å²) in [7, 11) is 1.61. The molecule has 1 fully saturated rings. The predicted molar refractivity (Wildman–Crippen MR) is 140 cm³/mol. The number of para-hydroxylation sites is 1. The lowest BCUT2D eigenvalue weighted by Gasteiger charge is -2.26. The number of halogens is 1. The molecule has 5 rings (SSSR count). The number of hydrogen-bond donors (Lipinski definition) is 1. The van der Waals surface area contributed by atoms with Crippen molar-refractivity contribution in [2.75, 3.05) is 18.6 Å². The van der Waals surface area contributed by atoms with E-state index in [1.807, 2.05) is 59.3 Å². The summed E-state index contributed by atoms with van der Waals surface area (Å²) in [6.45, 7) is 1.13. The van der Waals surface area contributed by atoms with Crippen LogP contribution in [0.5, 0.6) is 11.5 Å². The highest BCUT2D eigenvalue weighted by atomic mass is 19.1. The Labute approximate surface area is 217 Å². The quantitative estimate of drug-likeness (QED) is 0.205. The van der Waals surface area contributed by atoms with Crippen molar-refractivity contribution in [3.8, 4) is 11.5 Å². The molecular weight excluding hydrogens is 489 g/mol. The van der Waals surface area contributed by atoms with Gasteiger partial charge in [-0.15, -0.1) is 0 Å². The minimum absolute atomic E-state index is 0.159. The molecule has 0 aliphatic carbocycles. The van der Waals surface area contributed by atoms with E-state index in [9.17, 15) is 18.8 Å². The molecule has 1 aromatic heterocycles. The number of carbonyl (C=O) groups is 3. The number of urea groups is 1. The Kier molecular flexibility index (Phi) is 6.90. The largest absolute Gasteiger partial charge is 0.497 e. The third-order valence-corrected chi connectivity index (χ3v) is 6.18. The Hall–Kier alpha value is -4.92. The average Bonchev–Trinajstić information content (AvgIpc) is 3.27. The van der Waals surface area contributed by atoms with Crippen molar-refractivity contribution in [3.05, 3.63) is 95.9 Å². The lowest BCUT2D eigenvalue weighted by Crippen LogP contribution is -2.54. The van der Waals surface area contributed by atoms with Crippen molar-refractivity contribution in [2.24, 2.45) is 0 Å². The number of anilines is 1. The number of amides is 4. The second kappa shape index (κ2) is 10.6. The number of nitrogens with one attached hydrogen (secondary N) is 1. The first-order valence-corrected chi connectivity index (χ1v) is 12.0. The van der Waals surface area contributed by atoms with Crippen LogP contribution in [0.1, 0.15) is 12.0 Å². The minimum atomic E-state index is -0.886. The highest BCUT2D eigenvalue weighted by molar-refractivity contribution is 6.39. The SMILES string of the molecule is COc1ccc(OCCCn2cc(C=C3C(=O)NC(=O)N(c4ccc(F)cc4)C3=O)c3ccccc32)cc1. The number of methoxy groups -OCH3 is 1. The zero-order chi connectivity index (χ0) is 26.6. The number of aromatic nitrogens is 1. The maximum atomic E-state index is 13.4. The number of aryl methyl sites for hydroxylation is 1.